The Hall–Kier alpha value is -0.870. The Labute approximate surface area is 128 Å². The van der Waals surface area contributed by atoms with Gasteiger partial charge in [-0.2, -0.15) is 0 Å². The number of likely N-dealkylation sites (tertiary alicyclic amines) is 1. The standard InChI is InChI=1S/C17H18IN/c18-12-16-11-17(15-9-5-2-6-10-15)19(16)13-14-7-3-1-4-8-14/h1-10,16-17H,11-13H2/t16-,17+/m0/s1. The monoisotopic (exact) mass is 363 g/mol. The number of halogens is 1. The molecule has 19 heavy (non-hydrogen) atoms. The van der Waals surface area contributed by atoms with Gasteiger partial charge in [0, 0.05) is 23.1 Å². The van der Waals surface area contributed by atoms with Crippen molar-refractivity contribution in [2.75, 3.05) is 4.43 Å². The minimum Gasteiger partial charge on any atom is -0.288 e. The summed E-state index contributed by atoms with van der Waals surface area (Å²) in [6, 6.07) is 23.0. The molecule has 0 bridgehead atoms. The van der Waals surface area contributed by atoms with Crippen LogP contribution in [0.4, 0.5) is 0 Å². The highest BCUT2D eigenvalue weighted by Crippen LogP contribution is 2.40. The smallest absolute Gasteiger partial charge is 0.0370 e. The molecule has 0 unspecified atom stereocenters. The number of alkyl halides is 1. The first-order valence-corrected chi connectivity index (χ1v) is 8.31. The van der Waals surface area contributed by atoms with Gasteiger partial charge in [0.15, 0.2) is 0 Å². The molecule has 1 heterocycles. The Morgan fingerprint density at radius 3 is 2.21 bits per heavy atom. The zero-order chi connectivity index (χ0) is 13.1. The van der Waals surface area contributed by atoms with Crippen LogP contribution in [-0.2, 0) is 6.54 Å². The quantitative estimate of drug-likeness (QED) is 0.574. The minimum atomic E-state index is 0.598. The first kappa shape index (κ1) is 13.1. The lowest BCUT2D eigenvalue weighted by molar-refractivity contribution is 0.0211. The maximum atomic E-state index is 2.64. The normalized spacial score (nSPS) is 23.0. The van der Waals surface area contributed by atoms with Crippen LogP contribution in [0, 0.1) is 0 Å². The van der Waals surface area contributed by atoms with E-state index in [9.17, 15) is 0 Å². The second-order valence-electron chi connectivity index (χ2n) is 5.13. The molecule has 1 fully saturated rings. The van der Waals surface area contributed by atoms with E-state index in [1.165, 1.54) is 22.0 Å². The summed E-state index contributed by atoms with van der Waals surface area (Å²) in [4.78, 5) is 2.64. The lowest BCUT2D eigenvalue weighted by Gasteiger charge is -2.48. The van der Waals surface area contributed by atoms with E-state index in [1.54, 1.807) is 0 Å². The third-order valence-corrected chi connectivity index (χ3v) is 4.95. The number of hydrogen-bond acceptors (Lipinski definition) is 1. The van der Waals surface area contributed by atoms with E-state index in [0.29, 0.717) is 6.04 Å². The van der Waals surface area contributed by atoms with Gasteiger partial charge >= 0.3 is 0 Å². The maximum Gasteiger partial charge on any atom is 0.0370 e. The van der Waals surface area contributed by atoms with Gasteiger partial charge in [0.2, 0.25) is 0 Å². The Bertz CT molecular complexity index is 511. The highest BCUT2D eigenvalue weighted by atomic mass is 127. The molecule has 0 saturated carbocycles. The van der Waals surface area contributed by atoms with Crippen molar-refractivity contribution in [1.82, 2.24) is 4.90 Å². The van der Waals surface area contributed by atoms with Crippen molar-refractivity contribution in [1.29, 1.82) is 0 Å². The van der Waals surface area contributed by atoms with Crippen molar-refractivity contribution in [3.8, 4) is 0 Å². The number of nitrogens with zero attached hydrogens (tertiary/aromatic N) is 1. The molecular formula is C17H18IN. The van der Waals surface area contributed by atoms with E-state index in [4.69, 9.17) is 0 Å². The van der Waals surface area contributed by atoms with Crippen molar-refractivity contribution in [3.05, 3.63) is 71.8 Å². The molecule has 2 aromatic rings. The summed E-state index contributed by atoms with van der Waals surface area (Å²) < 4.78 is 1.22. The van der Waals surface area contributed by atoms with Gasteiger partial charge in [0.25, 0.3) is 0 Å². The first-order valence-electron chi connectivity index (χ1n) is 6.79. The molecule has 1 saturated heterocycles. The molecule has 0 radical (unpaired) electrons. The van der Waals surface area contributed by atoms with Crippen molar-refractivity contribution in [2.24, 2.45) is 0 Å². The van der Waals surface area contributed by atoms with Crippen LogP contribution in [-0.4, -0.2) is 15.4 Å². The van der Waals surface area contributed by atoms with Gasteiger partial charge in [-0.25, -0.2) is 0 Å². The predicted octanol–water partition coefficient (Wildman–Crippen LogP) is 4.44. The number of hydrogen-bond donors (Lipinski definition) is 0. The summed E-state index contributed by atoms with van der Waals surface area (Å²) in [5, 5.41) is 0. The Morgan fingerprint density at radius 2 is 1.58 bits per heavy atom. The third-order valence-electron chi connectivity index (χ3n) is 3.94. The lowest BCUT2D eigenvalue weighted by atomic mass is 9.87. The van der Waals surface area contributed by atoms with Crippen LogP contribution in [0.5, 0.6) is 0 Å². The van der Waals surface area contributed by atoms with Gasteiger partial charge in [0.1, 0.15) is 0 Å². The number of rotatable bonds is 4. The summed E-state index contributed by atoms with van der Waals surface area (Å²) in [7, 11) is 0. The highest BCUT2D eigenvalue weighted by Gasteiger charge is 2.37. The SMILES string of the molecule is IC[C@@H]1C[C@H](c2ccccc2)N1Cc1ccccc1. The van der Waals surface area contributed by atoms with Crippen molar-refractivity contribution < 1.29 is 0 Å². The molecule has 3 rings (SSSR count). The van der Waals surface area contributed by atoms with Gasteiger partial charge in [-0.05, 0) is 17.5 Å². The molecule has 98 valence electrons. The molecule has 1 aliphatic heterocycles. The van der Waals surface area contributed by atoms with Crippen molar-refractivity contribution in [2.45, 2.75) is 25.0 Å². The summed E-state index contributed by atoms with van der Waals surface area (Å²) >= 11 is 2.51. The average molecular weight is 363 g/mol. The van der Waals surface area contributed by atoms with E-state index < -0.39 is 0 Å². The highest BCUT2D eigenvalue weighted by molar-refractivity contribution is 14.1. The van der Waals surface area contributed by atoms with Crippen LogP contribution in [0.1, 0.15) is 23.6 Å². The lowest BCUT2D eigenvalue weighted by Crippen LogP contribution is -2.50. The van der Waals surface area contributed by atoms with E-state index in [1.807, 2.05) is 0 Å². The third kappa shape index (κ3) is 2.84. The van der Waals surface area contributed by atoms with Gasteiger partial charge in [-0.1, -0.05) is 83.3 Å². The summed E-state index contributed by atoms with van der Waals surface area (Å²) in [5.74, 6) is 0. The molecule has 0 aliphatic carbocycles. The molecule has 1 aliphatic rings. The Kier molecular flexibility index (Phi) is 4.18. The van der Waals surface area contributed by atoms with Gasteiger partial charge in [-0.3, -0.25) is 4.90 Å². The molecular weight excluding hydrogens is 345 g/mol. The van der Waals surface area contributed by atoms with E-state index in [-0.39, 0.29) is 0 Å². The molecule has 1 nitrogen and oxygen atoms in total. The molecule has 0 N–H and O–H groups in total. The maximum absolute atomic E-state index is 2.64. The van der Waals surface area contributed by atoms with E-state index in [0.717, 1.165) is 12.6 Å². The van der Waals surface area contributed by atoms with Crippen LogP contribution in [0.25, 0.3) is 0 Å². The second kappa shape index (κ2) is 6.06. The van der Waals surface area contributed by atoms with Gasteiger partial charge in [0.05, 0.1) is 0 Å². The topological polar surface area (TPSA) is 3.24 Å². The van der Waals surface area contributed by atoms with Crippen molar-refractivity contribution >= 4 is 22.6 Å². The zero-order valence-electron chi connectivity index (χ0n) is 10.9. The van der Waals surface area contributed by atoms with Crippen molar-refractivity contribution in [3.63, 3.8) is 0 Å². The molecule has 2 atom stereocenters. The fourth-order valence-electron chi connectivity index (χ4n) is 2.83. The Morgan fingerprint density at radius 1 is 0.947 bits per heavy atom. The molecule has 0 aromatic heterocycles. The summed E-state index contributed by atoms with van der Waals surface area (Å²) in [6.07, 6.45) is 1.29. The fourth-order valence-corrected chi connectivity index (χ4v) is 3.70. The van der Waals surface area contributed by atoms with Crippen LogP contribution in [0.2, 0.25) is 0 Å². The van der Waals surface area contributed by atoms with Crippen LogP contribution in [0.3, 0.4) is 0 Å². The summed E-state index contributed by atoms with van der Waals surface area (Å²) in [5.41, 5.74) is 2.87. The van der Waals surface area contributed by atoms with Crippen LogP contribution in [0.15, 0.2) is 60.7 Å². The second-order valence-corrected chi connectivity index (χ2v) is 6.01. The Balaban J connectivity index is 1.76. The van der Waals surface area contributed by atoms with Crippen LogP contribution >= 0.6 is 22.6 Å². The predicted molar refractivity (Wildman–Crippen MR) is 88.5 cm³/mol. The zero-order valence-corrected chi connectivity index (χ0v) is 13.0. The molecule has 0 spiro atoms. The number of benzene rings is 2. The largest absolute Gasteiger partial charge is 0.288 e. The minimum absolute atomic E-state index is 0.598. The van der Waals surface area contributed by atoms with Crippen LogP contribution < -0.4 is 0 Å². The average Bonchev–Trinajstić information content (AvgIpc) is 2.46. The van der Waals surface area contributed by atoms with Gasteiger partial charge in [-0.15, -0.1) is 0 Å². The molecule has 2 aromatic carbocycles. The van der Waals surface area contributed by atoms with E-state index >= 15 is 0 Å². The molecule has 0 amide bonds. The first-order chi connectivity index (χ1) is 9.38. The molecule has 2 heteroatoms. The van der Waals surface area contributed by atoms with Gasteiger partial charge < -0.3 is 0 Å². The summed E-state index contributed by atoms with van der Waals surface area (Å²) in [6.45, 7) is 1.06. The fraction of sp³-hybridized carbons (Fsp3) is 0.294. The van der Waals surface area contributed by atoms with E-state index in [2.05, 4.69) is 88.2 Å².